The Morgan fingerprint density at radius 1 is 1.38 bits per heavy atom. The third-order valence-corrected chi connectivity index (χ3v) is 4.37. The average Bonchev–Trinajstić information content (AvgIpc) is 2.95. The highest BCUT2D eigenvalue weighted by molar-refractivity contribution is 14.0. The Labute approximate surface area is 177 Å². The zero-order valence-electron chi connectivity index (χ0n) is 16.3. The molecule has 1 unspecified atom stereocenters. The lowest BCUT2D eigenvalue weighted by Crippen LogP contribution is -2.48. The van der Waals surface area contributed by atoms with Crippen molar-refractivity contribution in [3.63, 3.8) is 0 Å². The largest absolute Gasteiger partial charge is 0.450 e. The molecule has 1 aromatic heterocycles. The number of ether oxygens (including phenoxy) is 1. The van der Waals surface area contributed by atoms with Crippen LogP contribution in [-0.4, -0.2) is 49.8 Å². The molecule has 0 saturated carbocycles. The molecule has 1 amide bonds. The van der Waals surface area contributed by atoms with E-state index in [4.69, 9.17) is 4.74 Å². The molecular weight excluding hydrogens is 465 g/mol. The number of guanidine groups is 1. The van der Waals surface area contributed by atoms with Gasteiger partial charge in [0.15, 0.2) is 5.96 Å². The fraction of sp³-hybridized carbons (Fsp3) is 0.706. The minimum Gasteiger partial charge on any atom is -0.450 e. The van der Waals surface area contributed by atoms with Crippen LogP contribution in [0, 0.1) is 12.8 Å². The molecule has 0 radical (unpaired) electrons. The summed E-state index contributed by atoms with van der Waals surface area (Å²) in [5, 5.41) is 10.6. The molecule has 1 aromatic rings. The number of aliphatic imine (C=N–C) groups is 1. The molecule has 0 aliphatic heterocycles. The molecule has 1 rings (SSSR count). The second-order valence-electron chi connectivity index (χ2n) is 6.19. The minimum absolute atomic E-state index is 0. The van der Waals surface area contributed by atoms with Crippen LogP contribution in [0.15, 0.2) is 11.2 Å². The van der Waals surface area contributed by atoms with E-state index in [-0.39, 0.29) is 36.1 Å². The summed E-state index contributed by atoms with van der Waals surface area (Å²) in [4.78, 5) is 21.5. The lowest BCUT2D eigenvalue weighted by atomic mass is 10.0. The van der Waals surface area contributed by atoms with E-state index in [0.29, 0.717) is 25.0 Å². The summed E-state index contributed by atoms with van der Waals surface area (Å²) in [5.41, 5.74) is 0. The Morgan fingerprint density at radius 2 is 2.12 bits per heavy atom. The Morgan fingerprint density at radius 3 is 2.65 bits per heavy atom. The zero-order chi connectivity index (χ0) is 18.7. The second kappa shape index (κ2) is 14.0. The van der Waals surface area contributed by atoms with Crippen LogP contribution in [0.4, 0.5) is 4.79 Å². The summed E-state index contributed by atoms with van der Waals surface area (Å²) in [6, 6.07) is -0.0146. The number of aromatic nitrogens is 1. The average molecular weight is 497 g/mol. The number of alkyl carbamates (subject to hydrolysis) is 1. The van der Waals surface area contributed by atoms with Crippen molar-refractivity contribution in [1.82, 2.24) is 20.9 Å². The second-order valence-corrected chi connectivity index (χ2v) is 7.51. The number of amides is 1. The molecule has 0 aromatic carbocycles. The number of nitrogens with zero attached hydrogens (tertiary/aromatic N) is 2. The lowest BCUT2D eigenvalue weighted by Gasteiger charge is -2.22. The van der Waals surface area contributed by atoms with Crippen molar-refractivity contribution < 1.29 is 9.53 Å². The fourth-order valence-electron chi connectivity index (χ4n) is 2.35. The molecular formula is C17H32IN5O2S. The number of aryl methyl sites for hydroxylation is 1. The molecule has 0 fully saturated rings. The van der Waals surface area contributed by atoms with Crippen LogP contribution in [0.5, 0.6) is 0 Å². The van der Waals surface area contributed by atoms with Gasteiger partial charge < -0.3 is 20.7 Å². The van der Waals surface area contributed by atoms with Crippen LogP contribution >= 0.6 is 35.3 Å². The Balaban J connectivity index is 0.00000625. The van der Waals surface area contributed by atoms with Gasteiger partial charge >= 0.3 is 6.09 Å². The van der Waals surface area contributed by atoms with E-state index < -0.39 is 0 Å². The van der Waals surface area contributed by atoms with E-state index in [0.717, 1.165) is 24.4 Å². The number of hydrogen-bond donors (Lipinski definition) is 3. The molecule has 3 N–H and O–H groups in total. The quantitative estimate of drug-likeness (QED) is 0.278. The van der Waals surface area contributed by atoms with Gasteiger partial charge in [0.25, 0.3) is 0 Å². The topological polar surface area (TPSA) is 87.6 Å². The molecule has 9 heteroatoms. The van der Waals surface area contributed by atoms with Crippen LogP contribution in [0.3, 0.4) is 0 Å². The van der Waals surface area contributed by atoms with Crippen LogP contribution in [0.1, 0.15) is 37.1 Å². The molecule has 1 heterocycles. The highest BCUT2D eigenvalue weighted by Crippen LogP contribution is 2.10. The lowest BCUT2D eigenvalue weighted by molar-refractivity contribution is 0.146. The normalized spacial score (nSPS) is 12.3. The number of rotatable bonds is 9. The molecule has 7 nitrogen and oxygen atoms in total. The third kappa shape index (κ3) is 10.8. The first-order valence-corrected chi connectivity index (χ1v) is 9.55. The molecule has 0 bridgehead atoms. The standard InChI is InChI=1S/C17H31N5O2S.HI/c1-6-24-17(23)22-14(9-12(2)3)11-21-16(18-5)19-8-7-15-20-10-13(4)25-15;/h10,12,14H,6-9,11H2,1-5H3,(H,22,23)(H2,18,19,21);1H. The van der Waals surface area contributed by atoms with Crippen molar-refractivity contribution >= 4 is 47.4 Å². The Kier molecular flexibility index (Phi) is 13.4. The van der Waals surface area contributed by atoms with Gasteiger partial charge in [0.05, 0.1) is 11.6 Å². The molecule has 0 saturated heterocycles. The van der Waals surface area contributed by atoms with E-state index in [1.54, 1.807) is 25.3 Å². The minimum atomic E-state index is -0.378. The van der Waals surface area contributed by atoms with Gasteiger partial charge in [-0.1, -0.05) is 13.8 Å². The summed E-state index contributed by atoms with van der Waals surface area (Å²) < 4.78 is 4.97. The van der Waals surface area contributed by atoms with Gasteiger partial charge in [-0.15, -0.1) is 35.3 Å². The van der Waals surface area contributed by atoms with Gasteiger partial charge in [-0.05, 0) is 26.2 Å². The number of halogens is 1. The fourth-order valence-corrected chi connectivity index (χ4v) is 3.13. The van der Waals surface area contributed by atoms with Gasteiger partial charge in [0, 0.05) is 43.7 Å². The summed E-state index contributed by atoms with van der Waals surface area (Å²) in [6.07, 6.45) is 3.23. The van der Waals surface area contributed by atoms with E-state index in [1.807, 2.05) is 6.20 Å². The summed E-state index contributed by atoms with van der Waals surface area (Å²) in [6.45, 7) is 9.82. The predicted molar refractivity (Wildman–Crippen MR) is 119 cm³/mol. The van der Waals surface area contributed by atoms with Gasteiger partial charge in [-0.3, -0.25) is 4.99 Å². The molecule has 0 spiro atoms. The van der Waals surface area contributed by atoms with Crippen LogP contribution < -0.4 is 16.0 Å². The van der Waals surface area contributed by atoms with Crippen molar-refractivity contribution in [1.29, 1.82) is 0 Å². The van der Waals surface area contributed by atoms with Crippen molar-refractivity contribution in [3.8, 4) is 0 Å². The van der Waals surface area contributed by atoms with Crippen molar-refractivity contribution in [2.45, 2.75) is 46.6 Å². The summed E-state index contributed by atoms with van der Waals surface area (Å²) in [5.74, 6) is 1.18. The van der Waals surface area contributed by atoms with Crippen molar-refractivity contribution in [2.24, 2.45) is 10.9 Å². The maximum absolute atomic E-state index is 11.7. The number of nitrogens with one attached hydrogen (secondary N) is 3. The molecule has 0 aliphatic rings. The first-order chi connectivity index (χ1) is 11.9. The smallest absolute Gasteiger partial charge is 0.407 e. The predicted octanol–water partition coefficient (Wildman–Crippen LogP) is 2.94. The highest BCUT2D eigenvalue weighted by Gasteiger charge is 2.15. The van der Waals surface area contributed by atoms with Crippen molar-refractivity contribution in [3.05, 3.63) is 16.1 Å². The monoisotopic (exact) mass is 497 g/mol. The Bertz CT molecular complexity index is 551. The van der Waals surface area contributed by atoms with E-state index in [9.17, 15) is 4.79 Å². The molecule has 0 aliphatic carbocycles. The van der Waals surface area contributed by atoms with Crippen LogP contribution in [0.25, 0.3) is 0 Å². The maximum atomic E-state index is 11.7. The molecule has 26 heavy (non-hydrogen) atoms. The third-order valence-electron chi connectivity index (χ3n) is 3.39. The maximum Gasteiger partial charge on any atom is 0.407 e. The van der Waals surface area contributed by atoms with Crippen LogP contribution in [0.2, 0.25) is 0 Å². The van der Waals surface area contributed by atoms with Gasteiger partial charge in [0.1, 0.15) is 0 Å². The number of hydrogen-bond acceptors (Lipinski definition) is 5. The SMILES string of the molecule is CCOC(=O)NC(CNC(=NC)NCCc1ncc(C)s1)CC(C)C.I. The van der Waals surface area contributed by atoms with Gasteiger partial charge in [0.2, 0.25) is 0 Å². The van der Waals surface area contributed by atoms with Crippen molar-refractivity contribution in [2.75, 3.05) is 26.7 Å². The zero-order valence-corrected chi connectivity index (χ0v) is 19.4. The van der Waals surface area contributed by atoms with E-state index in [2.05, 4.69) is 46.7 Å². The highest BCUT2D eigenvalue weighted by atomic mass is 127. The summed E-state index contributed by atoms with van der Waals surface area (Å²) >= 11 is 1.71. The number of carbonyl (C=O) groups is 1. The van der Waals surface area contributed by atoms with E-state index in [1.165, 1.54) is 4.88 Å². The molecule has 1 atom stereocenters. The first-order valence-electron chi connectivity index (χ1n) is 8.73. The summed E-state index contributed by atoms with van der Waals surface area (Å²) in [7, 11) is 1.74. The Hall–Kier alpha value is -1.10. The molecule has 150 valence electrons. The van der Waals surface area contributed by atoms with Gasteiger partial charge in [-0.2, -0.15) is 0 Å². The number of thiazole rings is 1. The van der Waals surface area contributed by atoms with E-state index >= 15 is 0 Å². The first kappa shape index (κ1) is 24.9. The van der Waals surface area contributed by atoms with Crippen LogP contribution in [-0.2, 0) is 11.2 Å². The number of carbonyl (C=O) groups excluding carboxylic acids is 1. The van der Waals surface area contributed by atoms with Gasteiger partial charge in [-0.25, -0.2) is 9.78 Å².